The number of nitriles is 1. The van der Waals surface area contributed by atoms with Gasteiger partial charge in [0.2, 0.25) is 15.9 Å². The lowest BCUT2D eigenvalue weighted by Gasteiger charge is -2.40. The standard InChI is InChI=1S/C22H23F3N4O3S/c1-14(2)15-4-7-18(8-5-15)33(31,32)28-9-10-29(20(13-28)21(27)30)17-6-3-16(12-26)19(11-17)22(23,24)25/h3-8,11,14,20H,9-10,13H2,1-2H3,(H2,27,30). The third kappa shape index (κ3) is 4.96. The Morgan fingerprint density at radius 2 is 1.79 bits per heavy atom. The minimum atomic E-state index is -4.77. The van der Waals surface area contributed by atoms with Crippen molar-refractivity contribution in [1.29, 1.82) is 5.26 Å². The third-order valence-electron chi connectivity index (χ3n) is 5.62. The molecule has 3 rings (SSSR count). The first-order valence-corrected chi connectivity index (χ1v) is 11.6. The van der Waals surface area contributed by atoms with Crippen LogP contribution in [0.4, 0.5) is 18.9 Å². The fourth-order valence-corrected chi connectivity index (χ4v) is 5.18. The number of rotatable bonds is 5. The Labute approximate surface area is 190 Å². The SMILES string of the molecule is CC(C)c1ccc(S(=O)(=O)N2CCN(c3ccc(C#N)c(C(F)(F)F)c3)C(C(N)=O)C2)cc1. The van der Waals surface area contributed by atoms with Crippen LogP contribution >= 0.6 is 0 Å². The molecule has 1 saturated heterocycles. The highest BCUT2D eigenvalue weighted by Crippen LogP contribution is 2.35. The Bertz CT molecular complexity index is 1190. The van der Waals surface area contributed by atoms with E-state index in [0.717, 1.165) is 22.0 Å². The second-order valence-corrected chi connectivity index (χ2v) is 9.98. The van der Waals surface area contributed by atoms with Gasteiger partial charge in [-0.1, -0.05) is 26.0 Å². The summed E-state index contributed by atoms with van der Waals surface area (Å²) in [6, 6.07) is 9.84. The van der Waals surface area contributed by atoms with Crippen LogP contribution in [0.1, 0.15) is 36.5 Å². The quantitative estimate of drug-likeness (QED) is 0.708. The lowest BCUT2D eigenvalue weighted by molar-refractivity contribution is -0.137. The molecule has 0 aromatic heterocycles. The van der Waals surface area contributed by atoms with Crippen molar-refractivity contribution in [2.24, 2.45) is 5.73 Å². The van der Waals surface area contributed by atoms with E-state index in [-0.39, 0.29) is 36.1 Å². The van der Waals surface area contributed by atoms with Crippen LogP contribution in [0.25, 0.3) is 0 Å². The smallest absolute Gasteiger partial charge is 0.368 e. The van der Waals surface area contributed by atoms with Gasteiger partial charge in [-0.2, -0.15) is 22.7 Å². The number of sulfonamides is 1. The van der Waals surface area contributed by atoms with Gasteiger partial charge in [0.25, 0.3) is 0 Å². The number of halogens is 3. The molecule has 1 aliphatic rings. The summed E-state index contributed by atoms with van der Waals surface area (Å²) in [6.07, 6.45) is -4.77. The van der Waals surface area contributed by atoms with Gasteiger partial charge in [-0.25, -0.2) is 8.42 Å². The van der Waals surface area contributed by atoms with Crippen LogP contribution < -0.4 is 10.6 Å². The Morgan fingerprint density at radius 3 is 2.30 bits per heavy atom. The molecular weight excluding hydrogens is 457 g/mol. The lowest BCUT2D eigenvalue weighted by Crippen LogP contribution is -2.59. The first kappa shape index (κ1) is 24.5. The minimum Gasteiger partial charge on any atom is -0.368 e. The number of alkyl halides is 3. The van der Waals surface area contributed by atoms with Crippen molar-refractivity contribution < 1.29 is 26.4 Å². The van der Waals surface area contributed by atoms with Gasteiger partial charge < -0.3 is 10.6 Å². The molecule has 2 aromatic carbocycles. The van der Waals surface area contributed by atoms with Crippen molar-refractivity contribution >= 4 is 21.6 Å². The third-order valence-corrected chi connectivity index (χ3v) is 7.50. The van der Waals surface area contributed by atoms with Crippen LogP contribution in [0, 0.1) is 11.3 Å². The van der Waals surface area contributed by atoms with Gasteiger partial charge in [-0.3, -0.25) is 4.79 Å². The summed E-state index contributed by atoms with van der Waals surface area (Å²) in [4.78, 5) is 13.6. The Hall–Kier alpha value is -3.10. The zero-order valence-electron chi connectivity index (χ0n) is 18.0. The first-order valence-electron chi connectivity index (χ1n) is 10.1. The normalized spacial score (nSPS) is 17.7. The highest BCUT2D eigenvalue weighted by molar-refractivity contribution is 7.89. The van der Waals surface area contributed by atoms with Gasteiger partial charge in [0.15, 0.2) is 0 Å². The van der Waals surface area contributed by atoms with Gasteiger partial charge in [0, 0.05) is 25.3 Å². The van der Waals surface area contributed by atoms with Crippen LogP contribution in [0.15, 0.2) is 47.4 Å². The molecule has 0 saturated carbocycles. The van der Waals surface area contributed by atoms with Gasteiger partial charge >= 0.3 is 6.18 Å². The number of hydrogen-bond acceptors (Lipinski definition) is 5. The number of carbonyl (C=O) groups excluding carboxylic acids is 1. The summed E-state index contributed by atoms with van der Waals surface area (Å²) in [7, 11) is -3.94. The maximum absolute atomic E-state index is 13.4. The molecule has 0 radical (unpaired) electrons. The predicted molar refractivity (Wildman–Crippen MR) is 116 cm³/mol. The van der Waals surface area contributed by atoms with Crippen LogP contribution in [-0.4, -0.2) is 44.3 Å². The van der Waals surface area contributed by atoms with Crippen LogP contribution in [0.3, 0.4) is 0 Å². The number of nitrogens with two attached hydrogens (primary N) is 1. The molecule has 33 heavy (non-hydrogen) atoms. The van der Waals surface area contributed by atoms with Crippen LogP contribution in [0.5, 0.6) is 0 Å². The number of piperazine rings is 1. The van der Waals surface area contributed by atoms with E-state index in [1.54, 1.807) is 12.1 Å². The number of amides is 1. The molecule has 1 amide bonds. The summed E-state index contributed by atoms with van der Waals surface area (Å²) in [5.74, 6) is -0.651. The molecule has 0 aliphatic carbocycles. The molecule has 11 heteroatoms. The van der Waals surface area contributed by atoms with Crippen molar-refractivity contribution in [1.82, 2.24) is 4.31 Å². The molecule has 7 nitrogen and oxygen atoms in total. The van der Waals surface area contributed by atoms with Gasteiger partial charge in [0.1, 0.15) is 6.04 Å². The molecule has 0 bridgehead atoms. The van der Waals surface area contributed by atoms with Crippen molar-refractivity contribution in [3.63, 3.8) is 0 Å². The van der Waals surface area contributed by atoms with E-state index in [9.17, 15) is 26.4 Å². The Kier molecular flexibility index (Phi) is 6.72. The monoisotopic (exact) mass is 480 g/mol. The molecule has 1 heterocycles. The lowest BCUT2D eigenvalue weighted by atomic mass is 10.0. The van der Waals surface area contributed by atoms with E-state index < -0.39 is 39.3 Å². The molecule has 0 spiro atoms. The summed E-state index contributed by atoms with van der Waals surface area (Å²) >= 11 is 0. The summed E-state index contributed by atoms with van der Waals surface area (Å²) < 4.78 is 67.5. The first-order chi connectivity index (χ1) is 15.4. The van der Waals surface area contributed by atoms with E-state index in [1.165, 1.54) is 29.2 Å². The second kappa shape index (κ2) is 9.03. The molecular formula is C22H23F3N4O3S. The molecule has 1 unspecified atom stereocenters. The number of anilines is 1. The molecule has 1 atom stereocenters. The van der Waals surface area contributed by atoms with Gasteiger partial charge in [-0.15, -0.1) is 0 Å². The number of primary amides is 1. The van der Waals surface area contributed by atoms with E-state index in [4.69, 9.17) is 11.0 Å². The molecule has 2 N–H and O–H groups in total. The number of benzene rings is 2. The summed E-state index contributed by atoms with van der Waals surface area (Å²) in [6.45, 7) is 3.53. The zero-order chi connectivity index (χ0) is 24.6. The maximum atomic E-state index is 13.4. The molecule has 2 aromatic rings. The number of hydrogen-bond donors (Lipinski definition) is 1. The average Bonchev–Trinajstić information content (AvgIpc) is 2.77. The fourth-order valence-electron chi connectivity index (χ4n) is 3.75. The molecule has 176 valence electrons. The molecule has 1 aliphatic heterocycles. The summed E-state index contributed by atoms with van der Waals surface area (Å²) in [5, 5.41) is 8.99. The Morgan fingerprint density at radius 1 is 1.15 bits per heavy atom. The van der Waals surface area contributed by atoms with Crippen LogP contribution in [-0.2, 0) is 21.0 Å². The Balaban J connectivity index is 1.91. The molecule has 1 fully saturated rings. The highest BCUT2D eigenvalue weighted by Gasteiger charge is 2.39. The largest absolute Gasteiger partial charge is 0.417 e. The summed E-state index contributed by atoms with van der Waals surface area (Å²) in [5.41, 5.74) is 4.81. The van der Waals surface area contributed by atoms with E-state index in [2.05, 4.69) is 0 Å². The van der Waals surface area contributed by atoms with Gasteiger partial charge in [0.05, 0.1) is 22.1 Å². The maximum Gasteiger partial charge on any atom is 0.417 e. The van der Waals surface area contributed by atoms with Gasteiger partial charge in [-0.05, 0) is 41.8 Å². The average molecular weight is 481 g/mol. The minimum absolute atomic E-state index is 0.0310. The second-order valence-electron chi connectivity index (χ2n) is 8.04. The van der Waals surface area contributed by atoms with Crippen molar-refractivity contribution in [3.8, 4) is 6.07 Å². The topological polar surface area (TPSA) is 108 Å². The number of nitrogens with zero attached hydrogens (tertiary/aromatic N) is 3. The van der Waals surface area contributed by atoms with E-state index in [1.807, 2.05) is 13.8 Å². The fraction of sp³-hybridized carbons (Fsp3) is 0.364. The van der Waals surface area contributed by atoms with Crippen molar-refractivity contribution in [2.75, 3.05) is 24.5 Å². The number of carbonyl (C=O) groups is 1. The van der Waals surface area contributed by atoms with Crippen molar-refractivity contribution in [3.05, 3.63) is 59.2 Å². The predicted octanol–water partition coefficient (Wildman–Crippen LogP) is 3.07. The van der Waals surface area contributed by atoms with E-state index >= 15 is 0 Å². The van der Waals surface area contributed by atoms with Crippen LogP contribution in [0.2, 0.25) is 0 Å². The zero-order valence-corrected chi connectivity index (χ0v) is 18.8. The highest BCUT2D eigenvalue weighted by atomic mass is 32.2. The van der Waals surface area contributed by atoms with Crippen molar-refractivity contribution in [2.45, 2.75) is 36.9 Å². The van der Waals surface area contributed by atoms with E-state index in [0.29, 0.717) is 0 Å².